The molecule has 2 aromatic rings. The van der Waals surface area contributed by atoms with Crippen LogP contribution in [0.4, 0.5) is 26.3 Å². The van der Waals surface area contributed by atoms with E-state index in [4.69, 9.17) is 0 Å². The molecule has 1 aliphatic heterocycles. The van der Waals surface area contributed by atoms with Crippen molar-refractivity contribution in [2.75, 3.05) is 40.3 Å². The van der Waals surface area contributed by atoms with Crippen LogP contribution in [0.5, 0.6) is 0 Å². The summed E-state index contributed by atoms with van der Waals surface area (Å²) in [5.41, 5.74) is -0.447. The molecule has 1 aliphatic carbocycles. The fourth-order valence-electron chi connectivity index (χ4n) is 4.62. The lowest BCUT2D eigenvalue weighted by molar-refractivity contribution is -0.145. The maximum Gasteiger partial charge on any atom is 0.416 e. The Kier molecular flexibility index (Phi) is 9.73. The first-order valence-corrected chi connectivity index (χ1v) is 12.7. The lowest BCUT2D eigenvalue weighted by Gasteiger charge is -2.38. The summed E-state index contributed by atoms with van der Waals surface area (Å²) in [6, 6.07) is 11.4. The van der Waals surface area contributed by atoms with Gasteiger partial charge < -0.3 is 20.2 Å². The van der Waals surface area contributed by atoms with Gasteiger partial charge in [0.1, 0.15) is 0 Å². The number of carboxylic acid groups (broad SMARTS) is 1. The highest BCUT2D eigenvalue weighted by atomic mass is 19.4. The van der Waals surface area contributed by atoms with Crippen LogP contribution in [0.2, 0.25) is 0 Å². The monoisotopic (exact) mass is 569 g/mol. The third-order valence-electron chi connectivity index (χ3n) is 7.06. The van der Waals surface area contributed by atoms with E-state index in [0.717, 1.165) is 43.0 Å². The average Bonchev–Trinajstić information content (AvgIpc) is 2.89. The second-order valence-corrected chi connectivity index (χ2v) is 10.1. The summed E-state index contributed by atoms with van der Waals surface area (Å²) in [6.07, 6.45) is -4.87. The number of alkyl halides is 6. The Morgan fingerprint density at radius 1 is 0.950 bits per heavy atom. The van der Waals surface area contributed by atoms with Crippen molar-refractivity contribution in [1.29, 1.82) is 0 Å². The Morgan fingerprint density at radius 2 is 1.50 bits per heavy atom. The van der Waals surface area contributed by atoms with E-state index in [1.807, 2.05) is 37.3 Å². The molecule has 2 N–H and O–H groups in total. The highest BCUT2D eigenvalue weighted by molar-refractivity contribution is 5.93. The number of nitrogens with one attached hydrogen (secondary N) is 1. The van der Waals surface area contributed by atoms with E-state index < -0.39 is 34.9 Å². The first-order chi connectivity index (χ1) is 18.6. The number of hydrogen-bond acceptors (Lipinski definition) is 4. The van der Waals surface area contributed by atoms with E-state index in [9.17, 15) is 36.2 Å². The number of rotatable bonds is 5. The predicted molar refractivity (Wildman–Crippen MR) is 141 cm³/mol. The minimum absolute atomic E-state index is 0.0605. The number of likely N-dealkylation sites (N-methyl/N-ethyl adjacent to an activating group) is 1. The molecule has 1 fully saturated rings. The molecule has 4 rings (SSSR count). The number of allylic oxidation sites excluding steroid dienone is 2. The molecule has 11 heteroatoms. The van der Waals surface area contributed by atoms with E-state index in [0.29, 0.717) is 18.6 Å². The average molecular weight is 570 g/mol. The molecule has 1 saturated heterocycles. The lowest BCUT2D eigenvalue weighted by Crippen LogP contribution is -2.44. The van der Waals surface area contributed by atoms with Gasteiger partial charge in [0.15, 0.2) is 0 Å². The summed E-state index contributed by atoms with van der Waals surface area (Å²) < 4.78 is 74.3. The number of nitrogens with zero attached hydrogens (tertiary/aromatic N) is 2. The maximum atomic E-state index is 12.4. The Bertz CT molecular complexity index is 1200. The van der Waals surface area contributed by atoms with Gasteiger partial charge in [-0.2, -0.15) is 26.3 Å². The Labute approximate surface area is 229 Å². The second kappa shape index (κ2) is 12.5. The van der Waals surface area contributed by atoms with Gasteiger partial charge in [0, 0.05) is 38.4 Å². The van der Waals surface area contributed by atoms with Crippen molar-refractivity contribution in [3.05, 3.63) is 88.6 Å². The predicted octanol–water partition coefficient (Wildman–Crippen LogP) is 6.14. The van der Waals surface area contributed by atoms with E-state index in [1.165, 1.54) is 7.05 Å². The zero-order valence-electron chi connectivity index (χ0n) is 22.5. The first-order valence-electron chi connectivity index (χ1n) is 12.7. The zero-order chi connectivity index (χ0) is 29.7. The molecule has 40 heavy (non-hydrogen) atoms. The molecule has 0 spiro atoms. The standard InChI is InChI=1S/C19H24N2O2.C10H9F6N/c1-19(18(22)23)9-8-16(21-12-10-20(2)11-13-21)14-17(19)15-6-4-3-5-7-15;1-17-5-6-2-7(9(11,12)13)4-8(3-6)10(14,15)16/h3-8,14H,9-13H2,1-2H3,(H,22,23);2-4,17H,5H2,1H3. The summed E-state index contributed by atoms with van der Waals surface area (Å²) in [6.45, 7) is 5.83. The lowest BCUT2D eigenvalue weighted by atomic mass is 9.73. The fraction of sp³-hybridized carbons (Fsp3) is 0.414. The van der Waals surface area contributed by atoms with Crippen molar-refractivity contribution in [2.45, 2.75) is 32.2 Å². The molecule has 218 valence electrons. The van der Waals surface area contributed by atoms with Gasteiger partial charge in [0.05, 0.1) is 16.5 Å². The van der Waals surface area contributed by atoms with Crippen LogP contribution in [0, 0.1) is 5.41 Å². The van der Waals surface area contributed by atoms with Crippen LogP contribution in [-0.2, 0) is 23.7 Å². The van der Waals surface area contributed by atoms with Crippen LogP contribution in [0.3, 0.4) is 0 Å². The Morgan fingerprint density at radius 3 is 1.98 bits per heavy atom. The third-order valence-corrected chi connectivity index (χ3v) is 7.06. The number of benzene rings is 2. The topological polar surface area (TPSA) is 55.8 Å². The molecule has 1 heterocycles. The Balaban J connectivity index is 0.000000232. The summed E-state index contributed by atoms with van der Waals surface area (Å²) in [4.78, 5) is 16.6. The Hall–Kier alpha value is -3.31. The van der Waals surface area contributed by atoms with E-state index in [2.05, 4.69) is 34.3 Å². The smallest absolute Gasteiger partial charge is 0.416 e. The van der Waals surface area contributed by atoms with Crippen molar-refractivity contribution in [3.63, 3.8) is 0 Å². The molecule has 2 aromatic carbocycles. The molecule has 1 atom stereocenters. The number of piperazine rings is 1. The van der Waals surface area contributed by atoms with Crippen LogP contribution in [-0.4, -0.2) is 61.2 Å². The van der Waals surface area contributed by atoms with Gasteiger partial charge in [-0.15, -0.1) is 0 Å². The minimum Gasteiger partial charge on any atom is -0.481 e. The molecule has 0 bridgehead atoms. The van der Waals surface area contributed by atoms with Crippen LogP contribution in [0.25, 0.3) is 5.57 Å². The van der Waals surface area contributed by atoms with Gasteiger partial charge >= 0.3 is 18.3 Å². The summed E-state index contributed by atoms with van der Waals surface area (Å²) in [5.74, 6) is -0.763. The largest absolute Gasteiger partial charge is 0.481 e. The molecule has 0 aromatic heterocycles. The highest BCUT2D eigenvalue weighted by Gasteiger charge is 2.40. The molecule has 1 unspecified atom stereocenters. The highest BCUT2D eigenvalue weighted by Crippen LogP contribution is 2.43. The third kappa shape index (κ3) is 7.66. The van der Waals surface area contributed by atoms with Gasteiger partial charge in [-0.1, -0.05) is 36.4 Å². The molecular formula is C29H33F6N3O2. The first kappa shape index (κ1) is 31.2. The molecule has 0 saturated carbocycles. The van der Waals surface area contributed by atoms with Gasteiger partial charge in [0.2, 0.25) is 0 Å². The normalized spacial score (nSPS) is 20.3. The van der Waals surface area contributed by atoms with Crippen LogP contribution in [0.15, 0.2) is 66.4 Å². The van der Waals surface area contributed by atoms with Crippen molar-refractivity contribution in [3.8, 4) is 0 Å². The van der Waals surface area contributed by atoms with E-state index in [-0.39, 0.29) is 18.2 Å². The number of carboxylic acids is 1. The number of aliphatic carboxylic acids is 1. The van der Waals surface area contributed by atoms with Crippen molar-refractivity contribution in [1.82, 2.24) is 15.1 Å². The van der Waals surface area contributed by atoms with Crippen LogP contribution in [0.1, 0.15) is 35.6 Å². The van der Waals surface area contributed by atoms with Crippen molar-refractivity contribution < 1.29 is 36.2 Å². The summed E-state index contributed by atoms with van der Waals surface area (Å²) in [5, 5.41) is 12.3. The molecular weight excluding hydrogens is 536 g/mol. The summed E-state index contributed by atoms with van der Waals surface area (Å²) >= 11 is 0. The molecule has 2 aliphatic rings. The minimum atomic E-state index is -4.79. The molecule has 0 amide bonds. The molecule has 0 radical (unpaired) electrons. The number of halogens is 6. The summed E-state index contributed by atoms with van der Waals surface area (Å²) in [7, 11) is 3.58. The van der Waals surface area contributed by atoms with E-state index >= 15 is 0 Å². The van der Waals surface area contributed by atoms with Crippen molar-refractivity contribution >= 4 is 11.5 Å². The van der Waals surface area contributed by atoms with E-state index in [1.54, 1.807) is 0 Å². The zero-order valence-corrected chi connectivity index (χ0v) is 22.5. The van der Waals surface area contributed by atoms with Crippen LogP contribution < -0.4 is 5.32 Å². The second-order valence-electron chi connectivity index (χ2n) is 10.1. The molecule has 5 nitrogen and oxygen atoms in total. The van der Waals surface area contributed by atoms with Gasteiger partial charge in [-0.05, 0) is 68.4 Å². The number of hydrogen-bond donors (Lipinski definition) is 2. The fourth-order valence-corrected chi connectivity index (χ4v) is 4.62. The van der Waals surface area contributed by atoms with Gasteiger partial charge in [-0.25, -0.2) is 0 Å². The van der Waals surface area contributed by atoms with Gasteiger partial charge in [-0.3, -0.25) is 4.79 Å². The SMILES string of the molecule is CN1CCN(C2=CCC(C)(C(=O)O)C(c3ccccc3)=C2)CC1.CNCc1cc(C(F)(F)F)cc(C(F)(F)F)c1. The maximum absolute atomic E-state index is 12.4. The van der Waals surface area contributed by atoms with Crippen molar-refractivity contribution in [2.24, 2.45) is 5.41 Å². The van der Waals surface area contributed by atoms with Crippen LogP contribution >= 0.6 is 0 Å². The van der Waals surface area contributed by atoms with Gasteiger partial charge in [0.25, 0.3) is 0 Å². The number of carbonyl (C=O) groups is 1. The quantitative estimate of drug-likeness (QED) is 0.424.